The molecule has 7 nitrogen and oxygen atoms in total. The number of aromatic amines is 1. The summed E-state index contributed by atoms with van der Waals surface area (Å²) in [6, 6.07) is 8.49. The van der Waals surface area contributed by atoms with E-state index in [1.807, 2.05) is 6.07 Å². The van der Waals surface area contributed by atoms with Crippen molar-refractivity contribution in [2.45, 2.75) is 26.0 Å². The number of ether oxygens (including phenoxy) is 1. The summed E-state index contributed by atoms with van der Waals surface area (Å²) in [6.07, 6.45) is 0.644. The first-order valence-corrected chi connectivity index (χ1v) is 6.43. The van der Waals surface area contributed by atoms with E-state index >= 15 is 0 Å². The van der Waals surface area contributed by atoms with Gasteiger partial charge in [-0.25, -0.2) is 4.98 Å². The molecule has 2 aromatic rings. The van der Waals surface area contributed by atoms with E-state index in [0.29, 0.717) is 17.1 Å². The zero-order valence-electron chi connectivity index (χ0n) is 11.7. The maximum Gasteiger partial charge on any atom is 0.261 e. The number of nitrogens with zero attached hydrogens (tertiary/aromatic N) is 3. The van der Waals surface area contributed by atoms with Crippen molar-refractivity contribution in [3.8, 4) is 11.8 Å². The number of amides is 1. The Hall–Kier alpha value is -2.88. The smallest absolute Gasteiger partial charge is 0.261 e. The first kappa shape index (κ1) is 14.5. The molecule has 0 aliphatic carbocycles. The van der Waals surface area contributed by atoms with Crippen molar-refractivity contribution in [3.05, 3.63) is 42.0 Å². The molecule has 1 aromatic carbocycles. The molecular formula is C14H15N5O2. The minimum atomic E-state index is -0.732. The molecule has 0 radical (unpaired) electrons. The Bertz CT molecular complexity index is 648. The molecule has 0 spiro atoms. The number of rotatable bonds is 5. The molecule has 0 fully saturated rings. The molecule has 7 heteroatoms. The summed E-state index contributed by atoms with van der Waals surface area (Å²) in [5.41, 5.74) is 0.389. The largest absolute Gasteiger partial charge is 0.480 e. The highest BCUT2D eigenvalue weighted by molar-refractivity contribution is 5.81. The molecule has 0 aliphatic heterocycles. The number of nitrogens with one attached hydrogen (secondary N) is 2. The first-order chi connectivity index (χ1) is 10.1. The summed E-state index contributed by atoms with van der Waals surface area (Å²) < 4.78 is 5.54. The maximum atomic E-state index is 12.1. The zero-order chi connectivity index (χ0) is 15.2. The molecule has 2 rings (SSSR count). The van der Waals surface area contributed by atoms with Gasteiger partial charge >= 0.3 is 0 Å². The molecule has 21 heavy (non-hydrogen) atoms. The lowest BCUT2D eigenvalue weighted by Crippen LogP contribution is -2.38. The highest BCUT2D eigenvalue weighted by atomic mass is 16.5. The number of H-pyrrole nitrogens is 1. The van der Waals surface area contributed by atoms with Crippen molar-refractivity contribution in [2.24, 2.45) is 0 Å². The fourth-order valence-electron chi connectivity index (χ4n) is 1.73. The van der Waals surface area contributed by atoms with Crippen LogP contribution in [0.15, 0.2) is 30.6 Å². The van der Waals surface area contributed by atoms with Gasteiger partial charge in [0.05, 0.1) is 11.6 Å². The Morgan fingerprint density at radius 1 is 1.43 bits per heavy atom. The highest BCUT2D eigenvalue weighted by Crippen LogP contribution is 2.18. The third-order valence-electron chi connectivity index (χ3n) is 2.88. The van der Waals surface area contributed by atoms with Crippen LogP contribution in [0.3, 0.4) is 0 Å². The molecule has 1 heterocycles. The van der Waals surface area contributed by atoms with Gasteiger partial charge in [-0.15, -0.1) is 0 Å². The lowest BCUT2D eigenvalue weighted by molar-refractivity contribution is -0.128. The summed E-state index contributed by atoms with van der Waals surface area (Å²) in [5, 5.41) is 18.2. The second kappa shape index (κ2) is 6.52. The number of benzene rings is 1. The topological polar surface area (TPSA) is 104 Å². The predicted octanol–water partition coefficient (Wildman–Crippen LogP) is 1.32. The van der Waals surface area contributed by atoms with Crippen LogP contribution in [0, 0.1) is 11.3 Å². The normalized spacial score (nSPS) is 13.0. The van der Waals surface area contributed by atoms with Gasteiger partial charge in [-0.2, -0.15) is 10.4 Å². The third-order valence-corrected chi connectivity index (χ3v) is 2.88. The van der Waals surface area contributed by atoms with E-state index in [9.17, 15) is 4.79 Å². The summed E-state index contributed by atoms with van der Waals surface area (Å²) in [6.45, 7) is 3.41. The van der Waals surface area contributed by atoms with E-state index in [1.165, 1.54) is 6.33 Å². The van der Waals surface area contributed by atoms with Gasteiger partial charge in [-0.1, -0.05) is 12.1 Å². The molecule has 0 aliphatic rings. The number of hydrogen-bond donors (Lipinski definition) is 2. The van der Waals surface area contributed by atoms with E-state index in [0.717, 1.165) is 0 Å². The monoisotopic (exact) mass is 285 g/mol. The standard InChI is InChI=1S/C14H15N5O2/c1-9(13-16-8-17-19-13)18-14(20)10(2)21-12-6-4-3-5-11(12)7-15/h3-6,8-10H,1-2H3,(H,18,20)(H,16,17,19). The number of hydrogen-bond acceptors (Lipinski definition) is 5. The molecule has 0 saturated heterocycles. The van der Waals surface area contributed by atoms with Gasteiger partial charge in [0.25, 0.3) is 5.91 Å². The van der Waals surface area contributed by atoms with E-state index in [2.05, 4.69) is 20.5 Å². The number of nitriles is 1. The zero-order valence-corrected chi connectivity index (χ0v) is 11.7. The average molecular weight is 285 g/mol. The minimum absolute atomic E-state index is 0.299. The van der Waals surface area contributed by atoms with Crippen LogP contribution in [0.5, 0.6) is 5.75 Å². The molecule has 2 unspecified atom stereocenters. The van der Waals surface area contributed by atoms with E-state index in [-0.39, 0.29) is 11.9 Å². The predicted molar refractivity (Wildman–Crippen MR) is 74.2 cm³/mol. The summed E-state index contributed by atoms with van der Waals surface area (Å²) >= 11 is 0. The lowest BCUT2D eigenvalue weighted by Gasteiger charge is -2.17. The number of para-hydroxylation sites is 1. The van der Waals surface area contributed by atoms with Crippen molar-refractivity contribution in [3.63, 3.8) is 0 Å². The second-order valence-electron chi connectivity index (χ2n) is 4.47. The van der Waals surface area contributed by atoms with E-state index in [4.69, 9.17) is 10.00 Å². The Morgan fingerprint density at radius 3 is 2.86 bits per heavy atom. The van der Waals surface area contributed by atoms with Crippen molar-refractivity contribution in [2.75, 3.05) is 0 Å². The van der Waals surface area contributed by atoms with Crippen molar-refractivity contribution in [1.82, 2.24) is 20.5 Å². The Kier molecular flexibility index (Phi) is 4.51. The molecule has 0 saturated carbocycles. The van der Waals surface area contributed by atoms with Crippen LogP contribution in [-0.2, 0) is 4.79 Å². The van der Waals surface area contributed by atoms with Gasteiger partial charge in [0, 0.05) is 0 Å². The quantitative estimate of drug-likeness (QED) is 0.862. The van der Waals surface area contributed by atoms with Crippen LogP contribution in [0.1, 0.15) is 31.3 Å². The average Bonchev–Trinajstić information content (AvgIpc) is 3.02. The first-order valence-electron chi connectivity index (χ1n) is 6.43. The molecule has 0 bridgehead atoms. The van der Waals surface area contributed by atoms with Crippen LogP contribution in [0.2, 0.25) is 0 Å². The molecule has 1 amide bonds. The third kappa shape index (κ3) is 3.57. The van der Waals surface area contributed by atoms with E-state index < -0.39 is 6.10 Å². The van der Waals surface area contributed by atoms with Gasteiger partial charge < -0.3 is 10.1 Å². The Balaban J connectivity index is 1.98. The Labute approximate surface area is 122 Å². The van der Waals surface area contributed by atoms with Gasteiger partial charge in [0.1, 0.15) is 24.0 Å². The lowest BCUT2D eigenvalue weighted by atomic mass is 10.2. The van der Waals surface area contributed by atoms with Crippen LogP contribution in [0.25, 0.3) is 0 Å². The summed E-state index contributed by atoms with van der Waals surface area (Å²) in [7, 11) is 0. The molecule has 108 valence electrons. The SMILES string of the molecule is CC(Oc1ccccc1C#N)C(=O)NC(C)c1ncn[nH]1. The van der Waals surface area contributed by atoms with Crippen LogP contribution < -0.4 is 10.1 Å². The molecule has 2 N–H and O–H groups in total. The summed E-state index contributed by atoms with van der Waals surface area (Å²) in [4.78, 5) is 16.0. The second-order valence-corrected chi connectivity index (χ2v) is 4.47. The number of carbonyl (C=O) groups excluding carboxylic acids is 1. The molecule has 1 aromatic heterocycles. The number of aromatic nitrogens is 3. The molecule has 2 atom stereocenters. The van der Waals surface area contributed by atoms with Gasteiger partial charge in [0.2, 0.25) is 0 Å². The molecular weight excluding hydrogens is 270 g/mol. The van der Waals surface area contributed by atoms with Gasteiger partial charge in [-0.3, -0.25) is 9.89 Å². The number of carbonyl (C=O) groups is 1. The minimum Gasteiger partial charge on any atom is -0.480 e. The fourth-order valence-corrected chi connectivity index (χ4v) is 1.73. The van der Waals surface area contributed by atoms with Crippen molar-refractivity contribution in [1.29, 1.82) is 5.26 Å². The van der Waals surface area contributed by atoms with E-state index in [1.54, 1.807) is 38.1 Å². The van der Waals surface area contributed by atoms with Gasteiger partial charge in [0.15, 0.2) is 6.10 Å². The van der Waals surface area contributed by atoms with Crippen LogP contribution >= 0.6 is 0 Å². The Morgan fingerprint density at radius 2 is 2.19 bits per heavy atom. The maximum absolute atomic E-state index is 12.1. The van der Waals surface area contributed by atoms with Crippen LogP contribution in [-0.4, -0.2) is 27.2 Å². The highest BCUT2D eigenvalue weighted by Gasteiger charge is 2.19. The van der Waals surface area contributed by atoms with Gasteiger partial charge in [-0.05, 0) is 26.0 Å². The van der Waals surface area contributed by atoms with Crippen molar-refractivity contribution >= 4 is 5.91 Å². The van der Waals surface area contributed by atoms with Crippen molar-refractivity contribution < 1.29 is 9.53 Å². The summed E-state index contributed by atoms with van der Waals surface area (Å²) in [5.74, 6) is 0.648. The van der Waals surface area contributed by atoms with Crippen LogP contribution in [0.4, 0.5) is 0 Å². The fraction of sp³-hybridized carbons (Fsp3) is 0.286.